The van der Waals surface area contributed by atoms with Gasteiger partial charge in [-0.05, 0) is 56.9 Å². The number of anilines is 1. The van der Waals surface area contributed by atoms with Crippen LogP contribution in [0.15, 0.2) is 30.5 Å². The summed E-state index contributed by atoms with van der Waals surface area (Å²) in [6.45, 7) is 4.87. The van der Waals surface area contributed by atoms with Gasteiger partial charge in [0.05, 0.1) is 19.6 Å². The molecule has 1 unspecified atom stereocenters. The maximum Gasteiger partial charge on any atom is 0.310 e. The fraction of sp³-hybridized carbons (Fsp3) is 0.500. The predicted molar refractivity (Wildman–Crippen MR) is 121 cm³/mol. The van der Waals surface area contributed by atoms with Crippen LogP contribution in [0.1, 0.15) is 43.0 Å². The number of methoxy groups -OCH3 is 1. The lowest BCUT2D eigenvalue weighted by atomic mass is 9.97. The first kappa shape index (κ1) is 22.0. The van der Waals surface area contributed by atoms with E-state index in [1.165, 1.54) is 0 Å². The van der Waals surface area contributed by atoms with Crippen LogP contribution in [0.2, 0.25) is 0 Å². The van der Waals surface area contributed by atoms with Gasteiger partial charge in [-0.25, -0.2) is 9.97 Å². The van der Waals surface area contributed by atoms with Gasteiger partial charge in [0.2, 0.25) is 0 Å². The molecule has 3 heterocycles. The molecule has 0 aliphatic carbocycles. The van der Waals surface area contributed by atoms with E-state index in [2.05, 4.69) is 9.88 Å². The Kier molecular flexibility index (Phi) is 6.87. The van der Waals surface area contributed by atoms with Gasteiger partial charge in [-0.2, -0.15) is 0 Å². The number of carbonyl (C=O) groups excluding carboxylic acids is 2. The minimum atomic E-state index is -0.276. The van der Waals surface area contributed by atoms with Gasteiger partial charge in [0.15, 0.2) is 5.82 Å². The second kappa shape index (κ2) is 9.97. The number of esters is 1. The average molecular weight is 439 g/mol. The molecular formula is C24H30N4O4. The second-order valence-corrected chi connectivity index (χ2v) is 8.20. The number of amides is 1. The number of hydrogen-bond donors (Lipinski definition) is 0. The van der Waals surface area contributed by atoms with Crippen LogP contribution in [0.5, 0.6) is 5.75 Å². The van der Waals surface area contributed by atoms with Gasteiger partial charge in [0.1, 0.15) is 17.1 Å². The van der Waals surface area contributed by atoms with Crippen molar-refractivity contribution in [3.63, 3.8) is 0 Å². The number of ether oxygens (including phenoxy) is 2. The second-order valence-electron chi connectivity index (χ2n) is 8.20. The molecule has 170 valence electrons. The summed E-state index contributed by atoms with van der Waals surface area (Å²) in [7, 11) is 1.63. The summed E-state index contributed by atoms with van der Waals surface area (Å²) in [6.07, 6.45) is 5.30. The lowest BCUT2D eigenvalue weighted by Gasteiger charge is -2.32. The van der Waals surface area contributed by atoms with Crippen molar-refractivity contribution < 1.29 is 19.1 Å². The lowest BCUT2D eigenvalue weighted by molar-refractivity contribution is -0.149. The van der Waals surface area contributed by atoms with Gasteiger partial charge in [0, 0.05) is 37.9 Å². The Morgan fingerprint density at radius 2 is 1.84 bits per heavy atom. The van der Waals surface area contributed by atoms with Gasteiger partial charge < -0.3 is 19.3 Å². The van der Waals surface area contributed by atoms with Crippen LogP contribution in [-0.2, 0) is 9.53 Å². The molecule has 32 heavy (non-hydrogen) atoms. The Morgan fingerprint density at radius 1 is 1.09 bits per heavy atom. The maximum absolute atomic E-state index is 13.5. The molecule has 1 atom stereocenters. The third-order valence-electron chi connectivity index (χ3n) is 6.08. The molecule has 8 heteroatoms. The molecule has 1 amide bonds. The van der Waals surface area contributed by atoms with Crippen LogP contribution in [0.4, 0.5) is 5.82 Å². The van der Waals surface area contributed by atoms with E-state index >= 15 is 0 Å². The highest BCUT2D eigenvalue weighted by atomic mass is 16.5. The average Bonchev–Trinajstić information content (AvgIpc) is 3.38. The lowest BCUT2D eigenvalue weighted by Crippen LogP contribution is -2.43. The number of nitrogens with zero attached hydrogens (tertiary/aromatic N) is 4. The quantitative estimate of drug-likeness (QED) is 0.641. The van der Waals surface area contributed by atoms with Gasteiger partial charge in [0.25, 0.3) is 5.91 Å². The van der Waals surface area contributed by atoms with E-state index in [-0.39, 0.29) is 17.8 Å². The van der Waals surface area contributed by atoms with Gasteiger partial charge in [-0.3, -0.25) is 9.59 Å². The molecular weight excluding hydrogens is 408 g/mol. The normalized spacial score (nSPS) is 18.5. The van der Waals surface area contributed by atoms with Crippen molar-refractivity contribution in [2.75, 3.05) is 44.8 Å². The number of hydrogen-bond acceptors (Lipinski definition) is 7. The molecule has 0 bridgehead atoms. The third kappa shape index (κ3) is 4.69. The molecule has 1 aromatic carbocycles. The zero-order chi connectivity index (χ0) is 22.5. The Labute approximate surface area is 188 Å². The van der Waals surface area contributed by atoms with Crippen LogP contribution in [0.25, 0.3) is 11.4 Å². The largest absolute Gasteiger partial charge is 0.497 e. The number of aromatic nitrogens is 2. The SMILES string of the molecule is CCOC(=O)C1CCCN(C(=O)c2cnc(-c3ccc(OC)cc3)nc2N2CCCC2)C1. The Balaban J connectivity index is 1.62. The summed E-state index contributed by atoms with van der Waals surface area (Å²) >= 11 is 0. The Morgan fingerprint density at radius 3 is 2.53 bits per heavy atom. The van der Waals surface area contributed by atoms with Crippen molar-refractivity contribution in [2.24, 2.45) is 5.92 Å². The highest BCUT2D eigenvalue weighted by molar-refractivity contribution is 5.99. The Bertz CT molecular complexity index is 957. The molecule has 0 saturated carbocycles. The summed E-state index contributed by atoms with van der Waals surface area (Å²) in [4.78, 5) is 39.0. The van der Waals surface area contributed by atoms with E-state index in [0.717, 1.165) is 50.1 Å². The van der Waals surface area contributed by atoms with E-state index in [0.29, 0.717) is 36.9 Å². The summed E-state index contributed by atoms with van der Waals surface area (Å²) in [5.74, 6) is 1.39. The highest BCUT2D eigenvalue weighted by Gasteiger charge is 2.32. The highest BCUT2D eigenvalue weighted by Crippen LogP contribution is 2.28. The van der Waals surface area contributed by atoms with E-state index < -0.39 is 0 Å². The number of likely N-dealkylation sites (tertiary alicyclic amines) is 1. The van der Waals surface area contributed by atoms with Crippen molar-refractivity contribution in [1.82, 2.24) is 14.9 Å². The molecule has 2 aromatic rings. The molecule has 0 radical (unpaired) electrons. The number of rotatable bonds is 6. The summed E-state index contributed by atoms with van der Waals surface area (Å²) in [6, 6.07) is 7.57. The zero-order valence-corrected chi connectivity index (χ0v) is 18.7. The van der Waals surface area contributed by atoms with Crippen LogP contribution in [0.3, 0.4) is 0 Å². The minimum absolute atomic E-state index is 0.123. The van der Waals surface area contributed by atoms with Crippen LogP contribution in [0, 0.1) is 5.92 Å². The first-order valence-electron chi connectivity index (χ1n) is 11.3. The fourth-order valence-corrected chi connectivity index (χ4v) is 4.36. The van der Waals surface area contributed by atoms with E-state index in [9.17, 15) is 9.59 Å². The molecule has 1 aromatic heterocycles. The van der Waals surface area contributed by atoms with Crippen molar-refractivity contribution in [1.29, 1.82) is 0 Å². The monoisotopic (exact) mass is 438 g/mol. The summed E-state index contributed by atoms with van der Waals surface area (Å²) in [5, 5.41) is 0. The van der Waals surface area contributed by atoms with Gasteiger partial charge in [-0.1, -0.05) is 0 Å². The van der Waals surface area contributed by atoms with E-state index in [1.807, 2.05) is 24.3 Å². The number of piperidine rings is 1. The molecule has 0 N–H and O–H groups in total. The topological polar surface area (TPSA) is 84.9 Å². The van der Waals surface area contributed by atoms with Gasteiger partial charge in [-0.15, -0.1) is 0 Å². The molecule has 4 rings (SSSR count). The van der Waals surface area contributed by atoms with Crippen molar-refractivity contribution >= 4 is 17.7 Å². The first-order chi connectivity index (χ1) is 15.6. The molecule has 2 saturated heterocycles. The summed E-state index contributed by atoms with van der Waals surface area (Å²) < 4.78 is 10.4. The van der Waals surface area contributed by atoms with Crippen molar-refractivity contribution in [2.45, 2.75) is 32.6 Å². The van der Waals surface area contributed by atoms with Crippen molar-refractivity contribution in [3.05, 3.63) is 36.0 Å². The summed E-state index contributed by atoms with van der Waals surface area (Å²) in [5.41, 5.74) is 1.36. The standard InChI is InChI=1S/C24H30N4O4/c1-3-32-24(30)18-7-6-14-28(16-18)23(29)20-15-25-21(17-8-10-19(31-2)11-9-17)26-22(20)27-12-4-5-13-27/h8-11,15,18H,3-7,12-14,16H2,1-2H3. The predicted octanol–water partition coefficient (Wildman–Crippen LogP) is 3.17. The molecule has 8 nitrogen and oxygen atoms in total. The van der Waals surface area contributed by atoms with E-state index in [1.54, 1.807) is 25.1 Å². The number of carbonyl (C=O) groups is 2. The first-order valence-corrected chi connectivity index (χ1v) is 11.3. The molecule has 0 spiro atoms. The van der Waals surface area contributed by atoms with Crippen LogP contribution < -0.4 is 9.64 Å². The fourth-order valence-electron chi connectivity index (χ4n) is 4.36. The maximum atomic E-state index is 13.5. The van der Waals surface area contributed by atoms with Gasteiger partial charge >= 0.3 is 5.97 Å². The number of benzene rings is 1. The van der Waals surface area contributed by atoms with Crippen LogP contribution >= 0.6 is 0 Å². The smallest absolute Gasteiger partial charge is 0.310 e. The molecule has 2 aliphatic rings. The molecule has 2 fully saturated rings. The van der Waals surface area contributed by atoms with E-state index in [4.69, 9.17) is 14.5 Å². The Hall–Kier alpha value is -3.16. The molecule has 2 aliphatic heterocycles. The minimum Gasteiger partial charge on any atom is -0.497 e. The van der Waals surface area contributed by atoms with Crippen LogP contribution in [-0.4, -0.2) is 66.6 Å². The van der Waals surface area contributed by atoms with Crippen molar-refractivity contribution in [3.8, 4) is 17.1 Å². The third-order valence-corrected chi connectivity index (χ3v) is 6.08. The zero-order valence-electron chi connectivity index (χ0n) is 18.7.